The summed E-state index contributed by atoms with van der Waals surface area (Å²) in [6, 6.07) is -6.57. The number of carbonyl (C=O) groups excluding carboxylic acids is 7. The molecule has 0 aromatic rings. The fraction of sp³-hybridized carbons (Fsp3) is 0.800. The zero-order chi connectivity index (χ0) is 48.3. The summed E-state index contributed by atoms with van der Waals surface area (Å²) in [6.45, 7) is 20.7. The number of hydrogen-bond donors (Lipinski definition) is 4. The van der Waals surface area contributed by atoms with E-state index in [0.29, 0.717) is 31.6 Å². The Balaban J connectivity index is 7.08. The number of thioether (sulfide) groups is 1. The minimum Gasteiger partial charge on any atom is -0.390 e. The van der Waals surface area contributed by atoms with Gasteiger partial charge >= 0.3 is 0 Å². The Morgan fingerprint density at radius 3 is 1.63 bits per heavy atom. The number of allylic oxidation sites excluding steroid dienone is 2. The number of aliphatic hydroxyl groups excluding tert-OH is 1. The van der Waals surface area contributed by atoms with E-state index in [4.69, 9.17) is 11.5 Å². The molecule has 0 fully saturated rings. The predicted molar refractivity (Wildman–Crippen MR) is 248 cm³/mol. The van der Waals surface area contributed by atoms with Crippen molar-refractivity contribution in [3.8, 4) is 0 Å². The van der Waals surface area contributed by atoms with Gasteiger partial charge in [-0.2, -0.15) is 11.8 Å². The topological polar surface area (TPSA) is 220 Å². The summed E-state index contributed by atoms with van der Waals surface area (Å²) < 4.78 is 0. The van der Waals surface area contributed by atoms with E-state index in [-0.39, 0.29) is 42.3 Å². The van der Waals surface area contributed by atoms with Crippen molar-refractivity contribution in [1.29, 1.82) is 0 Å². The van der Waals surface area contributed by atoms with Crippen LogP contribution >= 0.6 is 11.8 Å². The molecule has 0 saturated heterocycles. The second-order valence-corrected chi connectivity index (χ2v) is 19.5. The highest BCUT2D eigenvalue weighted by Gasteiger charge is 2.44. The van der Waals surface area contributed by atoms with Crippen molar-refractivity contribution in [2.45, 2.75) is 151 Å². The minimum atomic E-state index is -1.50. The van der Waals surface area contributed by atoms with Crippen molar-refractivity contribution in [1.82, 2.24) is 29.8 Å². The van der Waals surface area contributed by atoms with Crippen LogP contribution in [0.2, 0.25) is 0 Å². The molecule has 7 amide bonds. The molecule has 0 unspecified atom stereocenters. The van der Waals surface area contributed by atoms with Crippen molar-refractivity contribution in [3.05, 3.63) is 12.2 Å². The highest BCUT2D eigenvalue weighted by atomic mass is 32.2. The first-order chi connectivity index (χ1) is 28.7. The summed E-state index contributed by atoms with van der Waals surface area (Å²) >= 11 is 1.36. The van der Waals surface area contributed by atoms with E-state index >= 15 is 0 Å². The largest absolute Gasteiger partial charge is 0.390 e. The lowest BCUT2D eigenvalue weighted by Crippen LogP contribution is -2.63. The molecule has 62 heavy (non-hydrogen) atoms. The predicted octanol–water partition coefficient (Wildman–Crippen LogP) is 2.95. The molecule has 0 spiro atoms. The molecule has 358 valence electrons. The number of hydrogen-bond acceptors (Lipinski definition) is 10. The lowest BCUT2D eigenvalue weighted by molar-refractivity contribution is -0.156. The van der Waals surface area contributed by atoms with Crippen molar-refractivity contribution in [3.63, 3.8) is 0 Å². The maximum atomic E-state index is 14.7. The highest BCUT2D eigenvalue weighted by Crippen LogP contribution is 2.24. The van der Waals surface area contributed by atoms with Gasteiger partial charge in [0, 0.05) is 59.7 Å². The first-order valence-corrected chi connectivity index (χ1v) is 23.4. The molecule has 0 saturated carbocycles. The molecule has 17 heteroatoms. The van der Waals surface area contributed by atoms with Crippen LogP contribution in [-0.4, -0.2) is 167 Å². The average molecular weight is 897 g/mol. The Morgan fingerprint density at radius 1 is 0.677 bits per heavy atom. The van der Waals surface area contributed by atoms with E-state index in [2.05, 4.69) is 5.32 Å². The van der Waals surface area contributed by atoms with Crippen LogP contribution in [0.1, 0.15) is 108 Å². The summed E-state index contributed by atoms with van der Waals surface area (Å²) in [6.07, 6.45) is 3.67. The molecular formula is C45H84N8O8S. The number of primary amides is 1. The van der Waals surface area contributed by atoms with Gasteiger partial charge < -0.3 is 46.4 Å². The molecule has 6 N–H and O–H groups in total. The van der Waals surface area contributed by atoms with Crippen LogP contribution in [0, 0.1) is 29.6 Å². The third-order valence-corrected chi connectivity index (χ3v) is 12.3. The van der Waals surface area contributed by atoms with Gasteiger partial charge in [0.2, 0.25) is 41.4 Å². The fourth-order valence-corrected chi connectivity index (χ4v) is 8.36. The Kier molecular flexibility index (Phi) is 26.5. The minimum absolute atomic E-state index is 0.0475. The Labute approximate surface area is 377 Å². The van der Waals surface area contributed by atoms with Gasteiger partial charge in [-0.1, -0.05) is 81.4 Å². The van der Waals surface area contributed by atoms with Gasteiger partial charge in [-0.05, 0) is 62.2 Å². The number of likely N-dealkylation sites (N-methyl/N-ethyl adjacent to an activating group) is 5. The molecule has 0 aromatic carbocycles. The van der Waals surface area contributed by atoms with Crippen molar-refractivity contribution in [2.24, 2.45) is 41.1 Å². The molecule has 0 aliphatic carbocycles. The molecule has 0 radical (unpaired) electrons. The van der Waals surface area contributed by atoms with E-state index in [1.165, 1.54) is 59.6 Å². The zero-order valence-electron chi connectivity index (χ0n) is 40.8. The van der Waals surface area contributed by atoms with E-state index in [0.717, 1.165) is 4.90 Å². The Morgan fingerprint density at radius 2 is 1.18 bits per heavy atom. The second kappa shape index (κ2) is 28.2. The molecule has 0 aliphatic rings. The van der Waals surface area contributed by atoms with Gasteiger partial charge in [0.25, 0.3) is 0 Å². The number of nitrogens with zero attached hydrogens (tertiary/aromatic N) is 5. The lowest BCUT2D eigenvalue weighted by atomic mass is 9.91. The number of rotatable bonds is 28. The van der Waals surface area contributed by atoms with E-state index in [9.17, 15) is 38.7 Å². The Hall–Kier alpha value is -3.70. The number of nitrogens with two attached hydrogens (primary N) is 2. The number of carbonyl (C=O) groups is 7. The highest BCUT2D eigenvalue weighted by molar-refractivity contribution is 7.99. The van der Waals surface area contributed by atoms with E-state index < -0.39 is 89.6 Å². The normalized spacial score (nSPS) is 15.7. The van der Waals surface area contributed by atoms with Gasteiger partial charge in [0.15, 0.2) is 0 Å². The van der Waals surface area contributed by atoms with Crippen molar-refractivity contribution < 1.29 is 38.7 Å². The van der Waals surface area contributed by atoms with Crippen LogP contribution in [0.25, 0.3) is 0 Å². The quantitative estimate of drug-likeness (QED) is 0.0665. The zero-order valence-corrected chi connectivity index (χ0v) is 41.7. The number of amides is 7. The van der Waals surface area contributed by atoms with Crippen LogP contribution in [0.4, 0.5) is 0 Å². The van der Waals surface area contributed by atoms with E-state index in [1.807, 2.05) is 60.6 Å². The fourth-order valence-electron chi connectivity index (χ4n) is 7.44. The summed E-state index contributed by atoms with van der Waals surface area (Å²) in [4.78, 5) is 104. The SMILES string of the molecule is C/C=C/C[C@@H](C)[C@@H](O)[C@@H](C(=O)N[C@@H](CC)C(=O)N(C)[C@H](CSCCN)C(=O)N(C)[C@@H](CC(C)C)C(N)=O)N(C)C(=O)[C@H](C(C)C)N(C)C(=O)[C@H](CC(C)C)N(C)C(=O)CC(C)C. The average Bonchev–Trinajstić information content (AvgIpc) is 3.19. The molecule has 0 rings (SSSR count). The third-order valence-electron chi connectivity index (χ3n) is 11.3. The van der Waals surface area contributed by atoms with Gasteiger partial charge in [0.1, 0.15) is 36.3 Å². The van der Waals surface area contributed by atoms with Crippen LogP contribution in [0.3, 0.4) is 0 Å². The van der Waals surface area contributed by atoms with Gasteiger partial charge in [0.05, 0.1) is 6.10 Å². The Bertz CT molecular complexity index is 1490. The summed E-state index contributed by atoms with van der Waals surface area (Å²) in [5.41, 5.74) is 11.5. The van der Waals surface area contributed by atoms with Gasteiger partial charge in [-0.15, -0.1) is 0 Å². The first kappa shape index (κ1) is 58.3. The van der Waals surface area contributed by atoms with E-state index in [1.54, 1.807) is 34.7 Å². The summed E-state index contributed by atoms with van der Waals surface area (Å²) in [5.74, 6) is -3.93. The van der Waals surface area contributed by atoms with Crippen LogP contribution in [0.5, 0.6) is 0 Å². The molecule has 8 atom stereocenters. The van der Waals surface area contributed by atoms with Gasteiger partial charge in [-0.25, -0.2) is 0 Å². The first-order valence-electron chi connectivity index (χ1n) is 22.2. The number of nitrogens with one attached hydrogen (secondary N) is 1. The molecular weight excluding hydrogens is 813 g/mol. The molecule has 0 aliphatic heterocycles. The summed E-state index contributed by atoms with van der Waals surface area (Å²) in [7, 11) is 7.46. The van der Waals surface area contributed by atoms with Crippen molar-refractivity contribution >= 4 is 53.1 Å². The van der Waals surface area contributed by atoms with Gasteiger partial charge in [-0.3, -0.25) is 33.6 Å². The molecule has 0 aromatic heterocycles. The molecule has 0 heterocycles. The summed E-state index contributed by atoms with van der Waals surface area (Å²) in [5, 5.41) is 14.7. The van der Waals surface area contributed by atoms with Crippen LogP contribution in [-0.2, 0) is 33.6 Å². The van der Waals surface area contributed by atoms with Crippen molar-refractivity contribution in [2.75, 3.05) is 53.3 Å². The third kappa shape index (κ3) is 17.5. The molecule has 16 nitrogen and oxygen atoms in total. The smallest absolute Gasteiger partial charge is 0.246 e. The molecule has 0 bridgehead atoms. The number of aliphatic hydroxyl groups is 1. The lowest BCUT2D eigenvalue weighted by Gasteiger charge is -2.41. The monoisotopic (exact) mass is 897 g/mol. The maximum absolute atomic E-state index is 14.7. The van der Waals surface area contributed by atoms with Crippen LogP contribution in [0.15, 0.2) is 12.2 Å². The second-order valence-electron chi connectivity index (χ2n) is 18.3. The maximum Gasteiger partial charge on any atom is 0.246 e. The standard InChI is InChI=1S/C45H84N8O8S/c1-17-19-20-31(11)39(55)38(53(16)45(61)37(30(9)10)52(15)43(59)34(24-28(5)6)49(12)36(54)25-29(7)8)41(57)48-32(18-2)42(58)51(14)35(26-62-22-21-46)44(60)50(13)33(40(47)56)23-27(3)4/h17,19,27-35,37-39,55H,18,20-26,46H2,1-16H3,(H2,47,56)(H,48,57)/b19-17+/t31-,32+,33+,34+,35-,37+,38+,39-/m1/s1. The van der Waals surface area contributed by atoms with Crippen LogP contribution < -0.4 is 16.8 Å².